The van der Waals surface area contributed by atoms with Gasteiger partial charge in [0.25, 0.3) is 0 Å². The molecule has 0 radical (unpaired) electrons. The van der Waals surface area contributed by atoms with Crippen molar-refractivity contribution in [2.75, 3.05) is 26.7 Å². The van der Waals surface area contributed by atoms with Gasteiger partial charge in [-0.2, -0.15) is 0 Å². The molecule has 3 N–H and O–H groups in total. The highest BCUT2D eigenvalue weighted by Crippen LogP contribution is 2.41. The molecule has 4 rings (SSSR count). The number of hydrogen-bond acceptors (Lipinski definition) is 3. The molecule has 0 saturated heterocycles. The predicted molar refractivity (Wildman–Crippen MR) is 125 cm³/mol. The number of urea groups is 1. The summed E-state index contributed by atoms with van der Waals surface area (Å²) in [6.45, 7) is 9.55. The van der Waals surface area contributed by atoms with Gasteiger partial charge in [0.15, 0.2) is 0 Å². The number of rotatable bonds is 3. The lowest BCUT2D eigenvalue weighted by atomic mass is 9.80. The maximum Gasteiger partial charge on any atom is 0.317 e. The number of amides is 2. The lowest BCUT2D eigenvalue weighted by molar-refractivity contribution is 0.143. The molecule has 1 aromatic carbocycles. The van der Waals surface area contributed by atoms with Crippen molar-refractivity contribution in [2.45, 2.75) is 51.8 Å². The molecule has 0 fully saturated rings. The van der Waals surface area contributed by atoms with Crippen LogP contribution >= 0.6 is 0 Å². The SMILES string of the molecule is CCN(CC)C(=O)N[C@H]1C=C2c3cccc4[nH]c(C#CC(C)(C)O)c(c34)C[C@H]2N(C)C1. The lowest BCUT2D eigenvalue weighted by Gasteiger charge is -2.40. The van der Waals surface area contributed by atoms with E-state index in [1.807, 2.05) is 18.7 Å². The van der Waals surface area contributed by atoms with Crippen molar-refractivity contribution >= 4 is 22.5 Å². The third-order valence-corrected chi connectivity index (χ3v) is 6.25. The third kappa shape index (κ3) is 4.08. The Hall–Kier alpha value is -2.75. The van der Waals surface area contributed by atoms with Gasteiger partial charge < -0.3 is 20.3 Å². The van der Waals surface area contributed by atoms with Crippen molar-refractivity contribution < 1.29 is 9.90 Å². The summed E-state index contributed by atoms with van der Waals surface area (Å²) in [6.07, 6.45) is 3.09. The zero-order chi connectivity index (χ0) is 22.3. The molecule has 2 atom stereocenters. The number of carbonyl (C=O) groups excluding carboxylic acids is 1. The monoisotopic (exact) mass is 420 g/mol. The Labute approximate surface area is 184 Å². The quantitative estimate of drug-likeness (QED) is 0.669. The number of aliphatic hydroxyl groups is 1. The van der Waals surface area contributed by atoms with Crippen LogP contribution < -0.4 is 5.32 Å². The molecule has 31 heavy (non-hydrogen) atoms. The van der Waals surface area contributed by atoms with Gasteiger partial charge in [0.1, 0.15) is 5.60 Å². The average Bonchev–Trinajstić information content (AvgIpc) is 3.07. The van der Waals surface area contributed by atoms with Crippen LogP contribution in [0.2, 0.25) is 0 Å². The molecule has 6 heteroatoms. The molecule has 0 saturated carbocycles. The van der Waals surface area contributed by atoms with Crippen LogP contribution in [-0.2, 0) is 6.42 Å². The smallest absolute Gasteiger partial charge is 0.317 e. The first-order valence-electron chi connectivity index (χ1n) is 11.1. The molecular weight excluding hydrogens is 388 g/mol. The highest BCUT2D eigenvalue weighted by molar-refractivity contribution is 6.00. The van der Waals surface area contributed by atoms with Gasteiger partial charge in [-0.05, 0) is 69.9 Å². The van der Waals surface area contributed by atoms with E-state index in [4.69, 9.17) is 0 Å². The molecule has 2 aromatic rings. The molecule has 2 heterocycles. The minimum absolute atomic E-state index is 0.0146. The van der Waals surface area contributed by atoms with Crippen LogP contribution in [0.15, 0.2) is 24.3 Å². The number of nitrogens with zero attached hydrogens (tertiary/aromatic N) is 2. The third-order valence-electron chi connectivity index (χ3n) is 6.25. The number of H-pyrrole nitrogens is 1. The Bertz CT molecular complexity index is 1090. The Kier molecular flexibility index (Phi) is 5.59. The van der Waals surface area contributed by atoms with Gasteiger partial charge >= 0.3 is 6.03 Å². The normalized spacial score (nSPS) is 20.5. The van der Waals surface area contributed by atoms with Crippen molar-refractivity contribution in [3.8, 4) is 11.8 Å². The predicted octanol–water partition coefficient (Wildman–Crippen LogP) is 2.96. The van der Waals surface area contributed by atoms with E-state index in [1.165, 1.54) is 22.1 Å². The summed E-state index contributed by atoms with van der Waals surface area (Å²) in [5, 5.41) is 14.4. The second kappa shape index (κ2) is 8.07. The van der Waals surface area contributed by atoms with Crippen molar-refractivity contribution in [1.29, 1.82) is 0 Å². The molecule has 1 aliphatic carbocycles. The Morgan fingerprint density at radius 2 is 2.10 bits per heavy atom. The van der Waals surface area contributed by atoms with Crippen molar-refractivity contribution in [2.24, 2.45) is 0 Å². The van der Waals surface area contributed by atoms with E-state index < -0.39 is 5.60 Å². The van der Waals surface area contributed by atoms with Crippen LogP contribution in [0.3, 0.4) is 0 Å². The summed E-state index contributed by atoms with van der Waals surface area (Å²) in [4.78, 5) is 20.2. The van der Waals surface area contributed by atoms with Crippen LogP contribution in [0.4, 0.5) is 4.79 Å². The fourth-order valence-electron chi connectivity index (χ4n) is 4.72. The van der Waals surface area contributed by atoms with Crippen LogP contribution in [-0.4, -0.2) is 70.3 Å². The summed E-state index contributed by atoms with van der Waals surface area (Å²) in [5.74, 6) is 6.11. The summed E-state index contributed by atoms with van der Waals surface area (Å²) < 4.78 is 0. The first-order chi connectivity index (χ1) is 14.7. The minimum Gasteiger partial charge on any atom is -0.378 e. The molecule has 1 aliphatic heterocycles. The molecule has 0 unspecified atom stereocenters. The lowest BCUT2D eigenvalue weighted by Crippen LogP contribution is -2.52. The number of carbonyl (C=O) groups is 1. The van der Waals surface area contributed by atoms with Gasteiger partial charge in [-0.1, -0.05) is 24.1 Å². The first kappa shape index (κ1) is 21.5. The van der Waals surface area contributed by atoms with Gasteiger partial charge in [-0.15, -0.1) is 0 Å². The van der Waals surface area contributed by atoms with Crippen LogP contribution in [0.5, 0.6) is 0 Å². The zero-order valence-corrected chi connectivity index (χ0v) is 19.0. The van der Waals surface area contributed by atoms with E-state index in [0.29, 0.717) is 13.1 Å². The molecule has 2 aliphatic rings. The first-order valence-corrected chi connectivity index (χ1v) is 11.1. The molecule has 1 aromatic heterocycles. The fourth-order valence-corrected chi connectivity index (χ4v) is 4.72. The second-order valence-electron chi connectivity index (χ2n) is 9.03. The average molecular weight is 421 g/mol. The van der Waals surface area contributed by atoms with E-state index >= 15 is 0 Å². The number of benzene rings is 1. The number of nitrogens with one attached hydrogen (secondary N) is 2. The second-order valence-corrected chi connectivity index (χ2v) is 9.03. The number of hydrogen-bond donors (Lipinski definition) is 3. The summed E-state index contributed by atoms with van der Waals surface area (Å²) in [5.41, 5.74) is 4.58. The standard InChI is InChI=1S/C25H32N4O2/c1-6-29(7-2)24(30)26-16-13-18-17-9-8-10-21-23(17)19(14-22(18)28(5)15-16)20(27-21)11-12-25(3,4)31/h8-10,13,16,22,27,31H,6-7,14-15H2,1-5H3,(H,26,30)/t16-,22+/m0/s1. The van der Waals surface area contributed by atoms with Crippen molar-refractivity contribution in [3.05, 3.63) is 41.1 Å². The summed E-state index contributed by atoms with van der Waals surface area (Å²) in [6, 6.07) is 6.48. The van der Waals surface area contributed by atoms with E-state index in [9.17, 15) is 9.90 Å². The van der Waals surface area contributed by atoms with Crippen LogP contribution in [0.1, 0.15) is 44.5 Å². The number of likely N-dealkylation sites (N-methyl/N-ethyl adjacent to an activating group) is 1. The Balaban J connectivity index is 1.75. The highest BCUT2D eigenvalue weighted by Gasteiger charge is 2.35. The van der Waals surface area contributed by atoms with E-state index in [0.717, 1.165) is 24.2 Å². The molecular formula is C25H32N4O2. The Morgan fingerprint density at radius 1 is 1.35 bits per heavy atom. The maximum absolute atomic E-state index is 12.6. The fraction of sp³-hybridized carbons (Fsp3) is 0.480. The minimum atomic E-state index is -1.04. The van der Waals surface area contributed by atoms with Gasteiger partial charge in [0, 0.05) is 36.6 Å². The van der Waals surface area contributed by atoms with E-state index in [-0.39, 0.29) is 18.1 Å². The molecule has 6 nitrogen and oxygen atoms in total. The van der Waals surface area contributed by atoms with Gasteiger partial charge in [-0.25, -0.2) is 4.79 Å². The summed E-state index contributed by atoms with van der Waals surface area (Å²) in [7, 11) is 2.12. The van der Waals surface area contributed by atoms with Crippen LogP contribution in [0.25, 0.3) is 16.5 Å². The van der Waals surface area contributed by atoms with E-state index in [1.54, 1.807) is 13.8 Å². The van der Waals surface area contributed by atoms with Gasteiger partial charge in [-0.3, -0.25) is 4.90 Å². The highest BCUT2D eigenvalue weighted by atomic mass is 16.3. The van der Waals surface area contributed by atoms with E-state index in [2.05, 4.69) is 58.4 Å². The summed E-state index contributed by atoms with van der Waals surface area (Å²) >= 11 is 0. The van der Waals surface area contributed by atoms with Crippen LogP contribution in [0, 0.1) is 11.8 Å². The zero-order valence-electron chi connectivity index (χ0n) is 19.0. The van der Waals surface area contributed by atoms with Gasteiger partial charge in [0.2, 0.25) is 0 Å². The van der Waals surface area contributed by atoms with Gasteiger partial charge in [0.05, 0.1) is 11.7 Å². The number of fused-ring (bicyclic) bond motifs is 2. The maximum atomic E-state index is 12.6. The number of aromatic nitrogens is 1. The van der Waals surface area contributed by atoms with Crippen molar-refractivity contribution in [1.82, 2.24) is 20.1 Å². The largest absolute Gasteiger partial charge is 0.378 e. The topological polar surface area (TPSA) is 71.6 Å². The Morgan fingerprint density at radius 3 is 2.77 bits per heavy atom. The molecule has 0 bridgehead atoms. The molecule has 2 amide bonds. The molecule has 0 spiro atoms. The van der Waals surface area contributed by atoms with Crippen molar-refractivity contribution in [3.63, 3.8) is 0 Å². The number of aromatic amines is 1. The molecule has 164 valence electrons.